The van der Waals surface area contributed by atoms with Crippen molar-refractivity contribution in [1.82, 2.24) is 10.3 Å². The number of rotatable bonds is 20. The zero-order chi connectivity index (χ0) is 39.0. The Morgan fingerprint density at radius 3 is 2.33 bits per heavy atom. The normalized spacial score (nSPS) is 18.6. The molecule has 55 heavy (non-hydrogen) atoms. The number of oxazole rings is 1. The number of aliphatic carboxylic acids is 1. The van der Waals surface area contributed by atoms with Gasteiger partial charge in [-0.1, -0.05) is 62.4 Å². The highest BCUT2D eigenvalue weighted by Gasteiger charge is 2.48. The number of halogens is 1. The standard InChI is InChI=1S/C42H49FN4O8/c1-27(2)37(40(51)52)46-36(49)24-55-42(25-53-26-42)20-19-29-5-9-31(10-6-29)38-34(17-18-35(48)30-11-13-32(43)14-12-30)39(50)47(38)33-15-7-28(8-16-33)4-3-21-44-41-45-22-23-54-41/h5-16,22-23,27,34-35,37-38,48H,3-4,17-21,24-26H2,1-2H3,(H,44,45)(H,46,49)(H,51,52). The van der Waals surface area contributed by atoms with Gasteiger partial charge >= 0.3 is 5.97 Å². The molecule has 0 aliphatic carbocycles. The summed E-state index contributed by atoms with van der Waals surface area (Å²) in [5.74, 6) is -2.58. The van der Waals surface area contributed by atoms with Crippen LogP contribution in [-0.4, -0.2) is 71.0 Å². The van der Waals surface area contributed by atoms with Crippen LogP contribution in [0.3, 0.4) is 0 Å². The van der Waals surface area contributed by atoms with Crippen LogP contribution >= 0.6 is 0 Å². The van der Waals surface area contributed by atoms with E-state index >= 15 is 0 Å². The van der Waals surface area contributed by atoms with Crippen LogP contribution in [0.1, 0.15) is 73.9 Å². The molecule has 0 radical (unpaired) electrons. The van der Waals surface area contributed by atoms with E-state index in [1.54, 1.807) is 32.2 Å². The van der Waals surface area contributed by atoms with Gasteiger partial charge in [0.1, 0.15) is 30.3 Å². The van der Waals surface area contributed by atoms with Gasteiger partial charge < -0.3 is 39.6 Å². The van der Waals surface area contributed by atoms with Crippen LogP contribution in [0.5, 0.6) is 0 Å². The van der Waals surface area contributed by atoms with Gasteiger partial charge in [0, 0.05) is 12.2 Å². The number of hydrogen-bond acceptors (Lipinski definition) is 9. The molecule has 12 nitrogen and oxygen atoms in total. The molecule has 6 rings (SSSR count). The Labute approximate surface area is 320 Å². The quantitative estimate of drug-likeness (QED) is 0.0620. The number of hydrogen-bond donors (Lipinski definition) is 4. The average molecular weight is 757 g/mol. The molecular weight excluding hydrogens is 707 g/mol. The summed E-state index contributed by atoms with van der Waals surface area (Å²) in [6.45, 7) is 4.59. The smallest absolute Gasteiger partial charge is 0.326 e. The first-order chi connectivity index (χ1) is 26.5. The molecule has 3 heterocycles. The molecule has 0 bridgehead atoms. The van der Waals surface area contributed by atoms with Gasteiger partial charge in [0.15, 0.2) is 0 Å². The molecule has 4 aromatic rings. The predicted molar refractivity (Wildman–Crippen MR) is 203 cm³/mol. The zero-order valence-corrected chi connectivity index (χ0v) is 31.2. The summed E-state index contributed by atoms with van der Waals surface area (Å²) in [5.41, 5.74) is 3.93. The highest BCUT2D eigenvalue weighted by atomic mass is 19.1. The fourth-order valence-corrected chi connectivity index (χ4v) is 7.14. The third kappa shape index (κ3) is 9.96. The van der Waals surface area contributed by atoms with Crippen molar-refractivity contribution >= 4 is 29.5 Å². The number of carboxylic acid groups (broad SMARTS) is 1. The second-order valence-corrected chi connectivity index (χ2v) is 14.8. The Morgan fingerprint density at radius 2 is 1.71 bits per heavy atom. The van der Waals surface area contributed by atoms with E-state index in [-0.39, 0.29) is 36.2 Å². The van der Waals surface area contributed by atoms with Crippen molar-refractivity contribution in [3.05, 3.63) is 113 Å². The molecule has 1 aromatic heterocycles. The first kappa shape index (κ1) is 39.6. The number of carboxylic acids is 1. The summed E-state index contributed by atoms with van der Waals surface area (Å²) in [7, 11) is 0. The van der Waals surface area contributed by atoms with Crippen molar-refractivity contribution in [2.45, 2.75) is 76.2 Å². The summed E-state index contributed by atoms with van der Waals surface area (Å²) >= 11 is 0. The van der Waals surface area contributed by atoms with Crippen molar-refractivity contribution in [2.75, 3.05) is 36.6 Å². The number of aryl methyl sites for hydroxylation is 2. The van der Waals surface area contributed by atoms with E-state index in [1.165, 1.54) is 18.4 Å². The number of benzene rings is 3. The molecule has 4 atom stereocenters. The molecule has 3 aromatic carbocycles. The minimum atomic E-state index is -1.09. The number of aromatic nitrogens is 1. The van der Waals surface area contributed by atoms with Crippen LogP contribution in [0, 0.1) is 17.7 Å². The number of β-lactam (4-membered cyclic amide) rings is 1. The van der Waals surface area contributed by atoms with Crippen LogP contribution in [0.25, 0.3) is 0 Å². The van der Waals surface area contributed by atoms with Crippen molar-refractivity contribution < 1.29 is 42.9 Å². The van der Waals surface area contributed by atoms with Gasteiger partial charge in [-0.25, -0.2) is 14.2 Å². The van der Waals surface area contributed by atoms with E-state index in [0.29, 0.717) is 57.0 Å². The van der Waals surface area contributed by atoms with Crippen LogP contribution in [-0.2, 0) is 36.7 Å². The highest BCUT2D eigenvalue weighted by Crippen LogP contribution is 2.46. The van der Waals surface area contributed by atoms with Crippen LogP contribution in [0.4, 0.5) is 16.1 Å². The maximum Gasteiger partial charge on any atom is 0.326 e. The Balaban J connectivity index is 1.09. The molecule has 2 amide bonds. The van der Waals surface area contributed by atoms with Gasteiger partial charge in [-0.15, -0.1) is 0 Å². The zero-order valence-electron chi connectivity index (χ0n) is 31.2. The van der Waals surface area contributed by atoms with Crippen LogP contribution in [0.2, 0.25) is 0 Å². The molecule has 4 N–H and O–H groups in total. The molecular formula is C42H49FN4O8. The number of ether oxygens (including phenoxy) is 2. The van der Waals surface area contributed by atoms with Crippen molar-refractivity contribution in [1.29, 1.82) is 0 Å². The maximum absolute atomic E-state index is 13.8. The Bertz CT molecular complexity index is 1860. The lowest BCUT2D eigenvalue weighted by Gasteiger charge is -2.48. The Kier molecular flexibility index (Phi) is 13.0. The molecule has 2 aliphatic rings. The highest BCUT2D eigenvalue weighted by molar-refractivity contribution is 6.03. The second kappa shape index (κ2) is 18.0. The number of anilines is 2. The third-order valence-electron chi connectivity index (χ3n) is 10.5. The van der Waals surface area contributed by atoms with E-state index in [2.05, 4.69) is 15.6 Å². The summed E-state index contributed by atoms with van der Waals surface area (Å²) < 4.78 is 30.2. The molecule has 2 saturated heterocycles. The lowest BCUT2D eigenvalue weighted by molar-refractivity contribution is -0.212. The number of aliphatic hydroxyl groups is 1. The number of nitrogens with zero attached hydrogens (tertiary/aromatic N) is 2. The minimum Gasteiger partial charge on any atom is -0.480 e. The first-order valence-electron chi connectivity index (χ1n) is 18.8. The molecule has 2 aliphatic heterocycles. The molecule has 13 heteroatoms. The van der Waals surface area contributed by atoms with E-state index in [4.69, 9.17) is 13.9 Å². The van der Waals surface area contributed by atoms with E-state index < -0.39 is 29.6 Å². The van der Waals surface area contributed by atoms with E-state index in [0.717, 1.165) is 35.2 Å². The Morgan fingerprint density at radius 1 is 1.02 bits per heavy atom. The predicted octanol–water partition coefficient (Wildman–Crippen LogP) is 6.02. The van der Waals surface area contributed by atoms with E-state index in [1.807, 2.05) is 53.4 Å². The van der Waals surface area contributed by atoms with Gasteiger partial charge in [0.2, 0.25) is 11.8 Å². The summed E-state index contributed by atoms with van der Waals surface area (Å²) in [6.07, 6.45) is 6.07. The van der Waals surface area contributed by atoms with Gasteiger partial charge in [-0.3, -0.25) is 9.59 Å². The number of carbonyl (C=O) groups excluding carboxylic acids is 2. The lowest BCUT2D eigenvalue weighted by atomic mass is 9.78. The van der Waals surface area contributed by atoms with Crippen LogP contribution in [0.15, 0.2) is 89.7 Å². The van der Waals surface area contributed by atoms with Crippen molar-refractivity contribution in [3.8, 4) is 0 Å². The van der Waals surface area contributed by atoms with Crippen molar-refractivity contribution in [3.63, 3.8) is 0 Å². The number of amides is 2. The topological polar surface area (TPSA) is 163 Å². The van der Waals surface area contributed by atoms with Gasteiger partial charge in [-0.05, 0) is 91.0 Å². The number of aliphatic hydroxyl groups excluding tert-OH is 1. The molecule has 0 spiro atoms. The fraction of sp³-hybridized carbons (Fsp3) is 0.429. The maximum atomic E-state index is 13.8. The van der Waals surface area contributed by atoms with Crippen LogP contribution < -0.4 is 15.5 Å². The number of carbonyl (C=O) groups is 3. The minimum absolute atomic E-state index is 0.0144. The SMILES string of the molecule is CC(C)C(NC(=O)COC1(CCc2ccc(C3C(CCC(O)c4ccc(F)cc4)C(=O)N3c3ccc(CCCNc4ncco4)cc3)cc2)COC1)C(=O)O. The molecule has 2 fully saturated rings. The summed E-state index contributed by atoms with van der Waals surface area (Å²) in [4.78, 5) is 43.7. The fourth-order valence-electron chi connectivity index (χ4n) is 7.14. The molecule has 4 unspecified atom stereocenters. The lowest BCUT2D eigenvalue weighted by Crippen LogP contribution is -2.55. The second-order valence-electron chi connectivity index (χ2n) is 14.8. The van der Waals surface area contributed by atoms with Gasteiger partial charge in [0.05, 0.1) is 37.5 Å². The molecule has 0 saturated carbocycles. The monoisotopic (exact) mass is 756 g/mol. The Hall–Kier alpha value is -5.11. The molecule has 292 valence electrons. The van der Waals surface area contributed by atoms with Gasteiger partial charge in [0.25, 0.3) is 6.01 Å². The summed E-state index contributed by atoms with van der Waals surface area (Å²) in [5, 5.41) is 26.0. The van der Waals surface area contributed by atoms with Crippen molar-refractivity contribution in [2.24, 2.45) is 11.8 Å². The average Bonchev–Trinajstić information content (AvgIpc) is 3.68. The van der Waals surface area contributed by atoms with Gasteiger partial charge in [-0.2, -0.15) is 0 Å². The summed E-state index contributed by atoms with van der Waals surface area (Å²) in [6, 6.07) is 21.2. The first-order valence-corrected chi connectivity index (χ1v) is 18.8. The van der Waals surface area contributed by atoms with E-state index in [9.17, 15) is 29.0 Å². The number of nitrogens with one attached hydrogen (secondary N) is 2. The third-order valence-corrected chi connectivity index (χ3v) is 10.5. The largest absolute Gasteiger partial charge is 0.480 e.